The molecule has 1 aromatic carbocycles. The molecule has 0 aliphatic heterocycles. The van der Waals surface area contributed by atoms with Crippen LogP contribution < -0.4 is 0 Å². The summed E-state index contributed by atoms with van der Waals surface area (Å²) in [6, 6.07) is 9.20. The minimum Gasteiger partial charge on any atom is -0.388 e. The second-order valence-corrected chi connectivity index (χ2v) is 4.24. The Balaban J connectivity index is 2.29. The molecular weight excluding hydrogens is 244 g/mol. The summed E-state index contributed by atoms with van der Waals surface area (Å²) in [6.45, 7) is -0.189. The van der Waals surface area contributed by atoms with Gasteiger partial charge in [-0.1, -0.05) is 18.2 Å². The summed E-state index contributed by atoms with van der Waals surface area (Å²) in [4.78, 5) is 11.0. The molecule has 5 nitrogen and oxygen atoms in total. The van der Waals surface area contributed by atoms with Crippen LogP contribution in [0.15, 0.2) is 35.2 Å². The van der Waals surface area contributed by atoms with Crippen molar-refractivity contribution in [2.75, 3.05) is 6.61 Å². The molecule has 17 heavy (non-hydrogen) atoms. The van der Waals surface area contributed by atoms with Gasteiger partial charge in [0.15, 0.2) is 6.29 Å². The second kappa shape index (κ2) is 7.41. The number of aliphatic hydroxyl groups excluding tert-OH is 3. The number of carbonyl (C=O) groups is 1. The average molecular weight is 258 g/mol. The van der Waals surface area contributed by atoms with Crippen LogP contribution in [0.25, 0.3) is 0 Å². The molecule has 0 spiro atoms. The van der Waals surface area contributed by atoms with Crippen LogP contribution in [-0.2, 0) is 8.98 Å². The molecule has 3 N–H and O–H groups in total. The van der Waals surface area contributed by atoms with Gasteiger partial charge in [0.05, 0.1) is 6.61 Å². The van der Waals surface area contributed by atoms with Crippen molar-refractivity contribution in [2.24, 2.45) is 0 Å². The third-order valence-electron chi connectivity index (χ3n) is 2.02. The number of aldehydes is 1. The fraction of sp³-hybridized carbons (Fsp3) is 0.364. The van der Waals surface area contributed by atoms with Gasteiger partial charge in [-0.15, -0.1) is 0 Å². The van der Waals surface area contributed by atoms with Crippen molar-refractivity contribution in [1.82, 2.24) is 0 Å². The van der Waals surface area contributed by atoms with E-state index in [2.05, 4.69) is 0 Å². The number of hydrogen-bond donors (Lipinski definition) is 3. The average Bonchev–Trinajstić information content (AvgIpc) is 2.38. The molecule has 1 aromatic rings. The number of benzene rings is 1. The zero-order chi connectivity index (χ0) is 12.7. The predicted molar refractivity (Wildman–Crippen MR) is 62.3 cm³/mol. The normalized spacial score (nSPS) is 16.2. The highest BCUT2D eigenvalue weighted by molar-refractivity contribution is 7.94. The van der Waals surface area contributed by atoms with Crippen molar-refractivity contribution in [1.29, 1.82) is 0 Å². The third-order valence-corrected chi connectivity index (χ3v) is 2.74. The maximum Gasteiger partial charge on any atom is 0.151 e. The van der Waals surface area contributed by atoms with Crippen LogP contribution in [0.2, 0.25) is 0 Å². The molecule has 0 aromatic heterocycles. The van der Waals surface area contributed by atoms with Gasteiger partial charge in [-0.05, 0) is 12.1 Å². The first-order chi connectivity index (χ1) is 8.15. The standard InChI is InChI=1S/C11H14O5S/c12-6-9(13)11(15)10(14)7-16-17-8-4-2-1-3-5-8/h1-6,9-11,13-15H,7H2/t9-,10+,11-/m0/s1. The van der Waals surface area contributed by atoms with Crippen LogP contribution in [0.5, 0.6) is 0 Å². The number of aliphatic hydroxyl groups is 3. The number of rotatable bonds is 7. The summed E-state index contributed by atoms with van der Waals surface area (Å²) in [5.41, 5.74) is 0. The first-order valence-corrected chi connectivity index (χ1v) is 5.73. The molecular formula is C11H14O5S. The summed E-state index contributed by atoms with van der Waals surface area (Å²) >= 11 is 1.04. The first kappa shape index (κ1) is 14.1. The van der Waals surface area contributed by atoms with E-state index in [1.807, 2.05) is 30.3 Å². The highest BCUT2D eigenvalue weighted by Crippen LogP contribution is 2.18. The lowest BCUT2D eigenvalue weighted by Gasteiger charge is -2.18. The van der Waals surface area contributed by atoms with E-state index in [0.29, 0.717) is 0 Å². The number of hydrogen-bond acceptors (Lipinski definition) is 6. The van der Waals surface area contributed by atoms with Gasteiger partial charge in [0.2, 0.25) is 0 Å². The van der Waals surface area contributed by atoms with Crippen LogP contribution >= 0.6 is 12.0 Å². The van der Waals surface area contributed by atoms with Crippen LogP contribution in [0.4, 0.5) is 0 Å². The quantitative estimate of drug-likeness (QED) is 0.471. The van der Waals surface area contributed by atoms with E-state index in [4.69, 9.17) is 9.29 Å². The second-order valence-electron chi connectivity index (χ2n) is 3.37. The van der Waals surface area contributed by atoms with Gasteiger partial charge in [-0.25, -0.2) is 0 Å². The zero-order valence-corrected chi connectivity index (χ0v) is 9.79. The van der Waals surface area contributed by atoms with Crippen molar-refractivity contribution >= 4 is 18.3 Å². The van der Waals surface area contributed by atoms with Crippen LogP contribution in [0.1, 0.15) is 0 Å². The van der Waals surface area contributed by atoms with Crippen molar-refractivity contribution in [3.8, 4) is 0 Å². The van der Waals surface area contributed by atoms with Crippen molar-refractivity contribution in [3.05, 3.63) is 30.3 Å². The summed E-state index contributed by atoms with van der Waals surface area (Å²) in [5, 5.41) is 27.6. The van der Waals surface area contributed by atoms with Gasteiger partial charge in [-0.3, -0.25) is 0 Å². The van der Waals surface area contributed by atoms with E-state index in [-0.39, 0.29) is 12.9 Å². The highest BCUT2D eigenvalue weighted by Gasteiger charge is 2.24. The van der Waals surface area contributed by atoms with Gasteiger partial charge in [0.1, 0.15) is 18.3 Å². The van der Waals surface area contributed by atoms with E-state index in [0.717, 1.165) is 16.9 Å². The molecule has 0 unspecified atom stereocenters. The summed E-state index contributed by atoms with van der Waals surface area (Å²) in [5.74, 6) is 0. The minimum atomic E-state index is -1.60. The Morgan fingerprint density at radius 1 is 1.24 bits per heavy atom. The number of carbonyl (C=O) groups excluding carboxylic acids is 1. The maximum absolute atomic E-state index is 10.2. The smallest absolute Gasteiger partial charge is 0.151 e. The lowest BCUT2D eigenvalue weighted by atomic mass is 10.1. The molecule has 0 aliphatic carbocycles. The summed E-state index contributed by atoms with van der Waals surface area (Å²) < 4.78 is 5.08. The lowest BCUT2D eigenvalue weighted by Crippen LogP contribution is -2.40. The lowest BCUT2D eigenvalue weighted by molar-refractivity contribution is -0.127. The Morgan fingerprint density at radius 3 is 2.47 bits per heavy atom. The third kappa shape index (κ3) is 4.84. The Morgan fingerprint density at radius 2 is 1.88 bits per heavy atom. The summed E-state index contributed by atoms with van der Waals surface area (Å²) in [7, 11) is 0. The van der Waals surface area contributed by atoms with Gasteiger partial charge < -0.3 is 24.3 Å². The highest BCUT2D eigenvalue weighted by atomic mass is 32.2. The Kier molecular flexibility index (Phi) is 6.17. The Hall–Kier alpha value is -0.920. The molecule has 0 saturated carbocycles. The molecule has 0 aliphatic rings. The molecule has 0 fully saturated rings. The van der Waals surface area contributed by atoms with E-state index in [9.17, 15) is 15.0 Å². The zero-order valence-electron chi connectivity index (χ0n) is 8.97. The van der Waals surface area contributed by atoms with Gasteiger partial charge in [0.25, 0.3) is 0 Å². The van der Waals surface area contributed by atoms with E-state index >= 15 is 0 Å². The predicted octanol–water partition coefficient (Wildman–Crippen LogP) is -0.00810. The molecule has 3 atom stereocenters. The van der Waals surface area contributed by atoms with E-state index < -0.39 is 18.3 Å². The molecule has 0 bridgehead atoms. The molecule has 0 amide bonds. The first-order valence-electron chi connectivity index (χ1n) is 4.99. The Bertz CT molecular complexity index is 332. The fourth-order valence-corrected chi connectivity index (χ4v) is 1.67. The molecule has 0 radical (unpaired) electrons. The fourth-order valence-electron chi connectivity index (χ4n) is 1.05. The summed E-state index contributed by atoms with van der Waals surface area (Å²) in [6.07, 6.45) is -4.29. The van der Waals surface area contributed by atoms with E-state index in [1.165, 1.54) is 0 Å². The molecule has 0 heterocycles. The van der Waals surface area contributed by atoms with Gasteiger partial charge in [0, 0.05) is 16.9 Å². The minimum absolute atomic E-state index is 0.165. The SMILES string of the molecule is O=C[C@H](O)[C@H](O)[C@H](O)COSc1ccccc1. The monoisotopic (exact) mass is 258 g/mol. The Labute approximate surface area is 103 Å². The van der Waals surface area contributed by atoms with E-state index in [1.54, 1.807) is 0 Å². The van der Waals surface area contributed by atoms with Crippen LogP contribution in [-0.4, -0.2) is 46.5 Å². The molecule has 0 saturated heterocycles. The van der Waals surface area contributed by atoms with Crippen LogP contribution in [0.3, 0.4) is 0 Å². The van der Waals surface area contributed by atoms with Crippen molar-refractivity contribution in [2.45, 2.75) is 23.2 Å². The van der Waals surface area contributed by atoms with Crippen LogP contribution in [0, 0.1) is 0 Å². The van der Waals surface area contributed by atoms with Gasteiger partial charge >= 0.3 is 0 Å². The molecule has 94 valence electrons. The van der Waals surface area contributed by atoms with Crippen molar-refractivity contribution < 1.29 is 24.3 Å². The topological polar surface area (TPSA) is 87.0 Å². The van der Waals surface area contributed by atoms with Gasteiger partial charge in [-0.2, -0.15) is 0 Å². The maximum atomic E-state index is 10.2. The van der Waals surface area contributed by atoms with Crippen molar-refractivity contribution in [3.63, 3.8) is 0 Å². The molecule has 1 rings (SSSR count). The molecule has 6 heteroatoms. The largest absolute Gasteiger partial charge is 0.388 e.